The minimum Gasteiger partial charge on any atom is -0.423 e. The molecule has 4 rings (SSSR count). The molecule has 0 aliphatic carbocycles. The summed E-state index contributed by atoms with van der Waals surface area (Å²) in [5, 5.41) is 1.06. The van der Waals surface area contributed by atoms with Crippen molar-refractivity contribution >= 4 is 22.7 Å². The van der Waals surface area contributed by atoms with Gasteiger partial charge in [-0.05, 0) is 78.2 Å². The van der Waals surface area contributed by atoms with E-state index in [2.05, 4.69) is 0 Å². The zero-order chi connectivity index (χ0) is 26.3. The minimum atomic E-state index is -1.82. The number of fused-ring (bicyclic) bond motifs is 1. The Balaban J connectivity index is 1.67. The predicted octanol–water partition coefficient (Wildman–Crippen LogP) is 6.73. The Morgan fingerprint density at radius 1 is 0.611 bits per heavy atom. The molecule has 0 unspecified atom stereocenters. The van der Waals surface area contributed by atoms with Crippen molar-refractivity contribution in [2.75, 3.05) is 0 Å². The molecule has 0 heterocycles. The van der Waals surface area contributed by atoms with E-state index in [1.54, 1.807) is 13.0 Å². The molecule has 0 radical (unpaired) electrons. The summed E-state index contributed by atoms with van der Waals surface area (Å²) in [6.45, 7) is 3.20. The molecule has 0 saturated carbocycles. The molecule has 0 aliphatic rings. The average Bonchev–Trinajstić information content (AvgIpc) is 2.83. The van der Waals surface area contributed by atoms with Gasteiger partial charge in [0.25, 0.3) is 0 Å². The first-order valence-electron chi connectivity index (χ1n) is 10.2. The fourth-order valence-electron chi connectivity index (χ4n) is 3.57. The van der Waals surface area contributed by atoms with E-state index in [1.165, 1.54) is 25.1 Å². The molecule has 36 heavy (non-hydrogen) atoms. The summed E-state index contributed by atoms with van der Waals surface area (Å²) in [5.74, 6) is -12.7. The van der Waals surface area contributed by atoms with E-state index in [9.17, 15) is 35.9 Å². The van der Waals surface area contributed by atoms with Crippen molar-refractivity contribution in [1.29, 1.82) is 0 Å². The number of halogens is 6. The molecule has 0 saturated heterocycles. The molecule has 0 atom stereocenters. The van der Waals surface area contributed by atoms with Crippen molar-refractivity contribution in [2.24, 2.45) is 0 Å². The summed E-state index contributed by atoms with van der Waals surface area (Å²) in [7, 11) is 0. The number of carbonyl (C=O) groups is 2. The lowest BCUT2D eigenvalue weighted by atomic mass is 10.00. The van der Waals surface area contributed by atoms with Crippen LogP contribution in [0.3, 0.4) is 0 Å². The van der Waals surface area contributed by atoms with Crippen LogP contribution < -0.4 is 9.47 Å². The quantitative estimate of drug-likeness (QED) is 0.134. The highest BCUT2D eigenvalue weighted by molar-refractivity contribution is 5.96. The first kappa shape index (κ1) is 24.8. The number of hydrogen-bond acceptors (Lipinski definition) is 4. The molecule has 0 aliphatic heterocycles. The number of carbonyl (C=O) groups excluding carboxylic acids is 2. The Morgan fingerprint density at radius 3 is 1.69 bits per heavy atom. The van der Waals surface area contributed by atoms with E-state index in [0.29, 0.717) is 34.0 Å². The second-order valence-corrected chi connectivity index (χ2v) is 7.75. The van der Waals surface area contributed by atoms with Crippen LogP contribution in [0.15, 0.2) is 48.5 Å². The predicted molar refractivity (Wildman–Crippen MR) is 116 cm³/mol. The lowest BCUT2D eigenvalue weighted by Crippen LogP contribution is -2.13. The fraction of sp³-hybridized carbons (Fsp3) is 0.0769. The Hall–Kier alpha value is -4.34. The normalized spacial score (nSPS) is 11.0. The van der Waals surface area contributed by atoms with Crippen molar-refractivity contribution in [3.05, 3.63) is 106 Å². The Labute approximate surface area is 199 Å². The molecule has 0 spiro atoms. The lowest BCUT2D eigenvalue weighted by Gasteiger charge is -2.14. The van der Waals surface area contributed by atoms with Gasteiger partial charge in [-0.3, -0.25) is 0 Å². The molecule has 0 aromatic heterocycles. The van der Waals surface area contributed by atoms with Crippen LogP contribution in [0.2, 0.25) is 0 Å². The van der Waals surface area contributed by atoms with E-state index >= 15 is 0 Å². The Bertz CT molecular complexity index is 1560. The molecular formula is C26H14F6O4. The maximum atomic E-state index is 14.0. The fourth-order valence-corrected chi connectivity index (χ4v) is 3.57. The van der Waals surface area contributed by atoms with Gasteiger partial charge in [-0.2, -0.15) is 0 Å². The first-order valence-corrected chi connectivity index (χ1v) is 10.2. The number of benzene rings is 4. The lowest BCUT2D eigenvalue weighted by molar-refractivity contribution is 0.0719. The maximum absolute atomic E-state index is 14.0. The van der Waals surface area contributed by atoms with E-state index in [0.717, 1.165) is 12.1 Å². The van der Waals surface area contributed by atoms with Gasteiger partial charge in [-0.1, -0.05) is 6.07 Å². The molecule has 0 fully saturated rings. The molecular weight excluding hydrogens is 490 g/mol. The van der Waals surface area contributed by atoms with Crippen molar-refractivity contribution in [3.63, 3.8) is 0 Å². The third-order valence-corrected chi connectivity index (χ3v) is 5.46. The third kappa shape index (κ3) is 4.37. The van der Waals surface area contributed by atoms with Crippen LogP contribution in [0.4, 0.5) is 26.3 Å². The van der Waals surface area contributed by atoms with E-state index < -0.39 is 58.0 Å². The third-order valence-electron chi connectivity index (χ3n) is 5.46. The highest BCUT2D eigenvalue weighted by Gasteiger charge is 2.23. The Kier molecular flexibility index (Phi) is 6.45. The van der Waals surface area contributed by atoms with E-state index in [-0.39, 0.29) is 11.5 Å². The number of hydrogen-bond donors (Lipinski definition) is 0. The largest absolute Gasteiger partial charge is 0.423 e. The summed E-state index contributed by atoms with van der Waals surface area (Å²) >= 11 is 0. The smallest absolute Gasteiger partial charge is 0.346 e. The van der Waals surface area contributed by atoms with Gasteiger partial charge < -0.3 is 9.47 Å². The summed E-state index contributed by atoms with van der Waals surface area (Å²) in [6, 6.07) is 8.42. The van der Waals surface area contributed by atoms with E-state index in [4.69, 9.17) is 9.47 Å². The number of ether oxygens (including phenoxy) is 2. The summed E-state index contributed by atoms with van der Waals surface area (Å²) in [5.41, 5.74) is -0.710. The molecule has 0 bridgehead atoms. The molecule has 4 nitrogen and oxygen atoms in total. The molecule has 0 amide bonds. The topological polar surface area (TPSA) is 52.6 Å². The van der Waals surface area contributed by atoms with Gasteiger partial charge in [0, 0.05) is 0 Å². The van der Waals surface area contributed by atoms with Gasteiger partial charge in [0.05, 0.1) is 11.1 Å². The van der Waals surface area contributed by atoms with Crippen LogP contribution in [-0.2, 0) is 0 Å². The maximum Gasteiger partial charge on any atom is 0.346 e. The van der Waals surface area contributed by atoms with Gasteiger partial charge in [0.1, 0.15) is 11.5 Å². The van der Waals surface area contributed by atoms with E-state index in [1.807, 2.05) is 0 Å². The van der Waals surface area contributed by atoms with Crippen molar-refractivity contribution in [2.45, 2.75) is 13.8 Å². The van der Waals surface area contributed by atoms with Gasteiger partial charge in [0.15, 0.2) is 34.9 Å². The van der Waals surface area contributed by atoms with Crippen LogP contribution in [0, 0.1) is 48.8 Å². The Morgan fingerprint density at radius 2 is 1.14 bits per heavy atom. The summed E-state index contributed by atoms with van der Waals surface area (Å²) in [6.07, 6.45) is 0. The molecule has 4 aromatic carbocycles. The van der Waals surface area contributed by atoms with Crippen LogP contribution in [0.25, 0.3) is 10.8 Å². The van der Waals surface area contributed by atoms with Crippen LogP contribution in [-0.4, -0.2) is 11.9 Å². The van der Waals surface area contributed by atoms with Crippen molar-refractivity contribution in [1.82, 2.24) is 0 Å². The monoisotopic (exact) mass is 504 g/mol. The number of rotatable bonds is 4. The summed E-state index contributed by atoms with van der Waals surface area (Å²) in [4.78, 5) is 24.8. The highest BCUT2D eigenvalue weighted by atomic mass is 19.2. The summed E-state index contributed by atoms with van der Waals surface area (Å²) < 4.78 is 91.6. The standard InChI is InChI=1S/C26H14F6O4/c1-11-9-13(35-25(33)15-3-6-18(27)23(31)21(15)29)10-17-12(2)20(8-5-14(11)17)36-26(34)16-4-7-19(28)24(32)22(16)30/h3-10H,1-2H3. The van der Waals surface area contributed by atoms with Gasteiger partial charge in [-0.15, -0.1) is 0 Å². The highest BCUT2D eigenvalue weighted by Crippen LogP contribution is 2.33. The second-order valence-electron chi connectivity index (χ2n) is 7.75. The van der Waals surface area contributed by atoms with Gasteiger partial charge in [0.2, 0.25) is 0 Å². The minimum absolute atomic E-state index is 0.0499. The van der Waals surface area contributed by atoms with Crippen molar-refractivity contribution < 1.29 is 45.4 Å². The zero-order valence-electron chi connectivity index (χ0n) is 18.5. The molecule has 10 heteroatoms. The first-order chi connectivity index (χ1) is 17.0. The zero-order valence-corrected chi connectivity index (χ0v) is 18.5. The average molecular weight is 504 g/mol. The van der Waals surface area contributed by atoms with Crippen LogP contribution in [0.5, 0.6) is 11.5 Å². The SMILES string of the molecule is Cc1cc(OC(=O)c2ccc(F)c(F)c2F)cc2c(C)c(OC(=O)c3ccc(F)c(F)c3F)ccc12. The second kappa shape index (κ2) is 9.37. The van der Waals surface area contributed by atoms with Crippen LogP contribution in [0.1, 0.15) is 31.8 Å². The van der Waals surface area contributed by atoms with Gasteiger partial charge >= 0.3 is 11.9 Å². The van der Waals surface area contributed by atoms with Gasteiger partial charge in [-0.25, -0.2) is 35.9 Å². The van der Waals surface area contributed by atoms with Crippen LogP contribution >= 0.6 is 0 Å². The number of aryl methyl sites for hydroxylation is 2. The number of esters is 2. The molecule has 4 aromatic rings. The molecule has 0 N–H and O–H groups in total. The molecule has 184 valence electrons. The van der Waals surface area contributed by atoms with Crippen molar-refractivity contribution in [3.8, 4) is 11.5 Å².